The molecule has 0 saturated heterocycles. The highest BCUT2D eigenvalue weighted by atomic mass is 16.5. The first kappa shape index (κ1) is 12.0. The zero-order valence-corrected chi connectivity index (χ0v) is 11.0. The Morgan fingerprint density at radius 3 is 2.95 bits per heavy atom. The molecule has 2 aliphatic carbocycles. The standard InChI is InChI=1S/C16H15BO3/c18-17(19)12-5-6-13-14-7-10-3-1-2-4-11(10)8-15(14)20-16(13)9-12/h1,3,5-9,14-15,18-19H,2,4H2. The molecule has 2 unspecified atom stereocenters. The predicted octanol–water partition coefficient (Wildman–Crippen LogP) is 1.43. The maximum absolute atomic E-state index is 9.25. The Morgan fingerprint density at radius 2 is 2.10 bits per heavy atom. The topological polar surface area (TPSA) is 49.7 Å². The Kier molecular flexibility index (Phi) is 2.62. The number of benzene rings is 1. The number of hydrogen-bond donors (Lipinski definition) is 2. The molecule has 1 aromatic carbocycles. The summed E-state index contributed by atoms with van der Waals surface area (Å²) in [7, 11) is -1.45. The van der Waals surface area contributed by atoms with Crippen LogP contribution in [0.1, 0.15) is 24.3 Å². The maximum atomic E-state index is 9.25. The summed E-state index contributed by atoms with van der Waals surface area (Å²) in [6.45, 7) is 0. The van der Waals surface area contributed by atoms with Crippen LogP contribution in [0.4, 0.5) is 0 Å². The van der Waals surface area contributed by atoms with Gasteiger partial charge in [-0.15, -0.1) is 0 Å². The molecule has 0 amide bonds. The molecule has 1 aromatic rings. The second kappa shape index (κ2) is 4.37. The summed E-state index contributed by atoms with van der Waals surface area (Å²) in [6.07, 6.45) is 11.1. The van der Waals surface area contributed by atoms with E-state index in [9.17, 15) is 10.0 Å². The minimum Gasteiger partial charge on any atom is -0.485 e. The minimum atomic E-state index is -1.45. The van der Waals surface area contributed by atoms with Gasteiger partial charge in [0.15, 0.2) is 0 Å². The highest BCUT2D eigenvalue weighted by Gasteiger charge is 2.35. The highest BCUT2D eigenvalue weighted by molar-refractivity contribution is 6.58. The summed E-state index contributed by atoms with van der Waals surface area (Å²) in [4.78, 5) is 0. The van der Waals surface area contributed by atoms with Gasteiger partial charge >= 0.3 is 7.12 Å². The molecule has 0 radical (unpaired) electrons. The van der Waals surface area contributed by atoms with E-state index < -0.39 is 7.12 Å². The lowest BCUT2D eigenvalue weighted by molar-refractivity contribution is 0.267. The van der Waals surface area contributed by atoms with Gasteiger partial charge in [0.1, 0.15) is 11.9 Å². The van der Waals surface area contributed by atoms with Gasteiger partial charge < -0.3 is 14.8 Å². The highest BCUT2D eigenvalue weighted by Crippen LogP contribution is 2.44. The zero-order valence-electron chi connectivity index (χ0n) is 11.0. The summed E-state index contributed by atoms with van der Waals surface area (Å²) >= 11 is 0. The molecule has 4 rings (SSSR count). The number of allylic oxidation sites excluding steroid dienone is 4. The third-order valence-electron chi connectivity index (χ3n) is 4.28. The Balaban J connectivity index is 1.75. The molecule has 1 heterocycles. The van der Waals surface area contributed by atoms with E-state index in [2.05, 4.69) is 24.3 Å². The lowest BCUT2D eigenvalue weighted by Gasteiger charge is -2.24. The fraction of sp³-hybridized carbons (Fsp3) is 0.250. The van der Waals surface area contributed by atoms with Crippen LogP contribution < -0.4 is 10.2 Å². The molecule has 2 N–H and O–H groups in total. The number of hydrogen-bond acceptors (Lipinski definition) is 3. The Labute approximate surface area is 118 Å². The van der Waals surface area contributed by atoms with E-state index >= 15 is 0 Å². The first-order valence-corrected chi connectivity index (χ1v) is 6.98. The van der Waals surface area contributed by atoms with Crippen molar-refractivity contribution in [3.8, 4) is 5.75 Å². The third kappa shape index (κ3) is 1.76. The van der Waals surface area contributed by atoms with Gasteiger partial charge in [0.25, 0.3) is 0 Å². The summed E-state index contributed by atoms with van der Waals surface area (Å²) in [5.41, 5.74) is 4.27. The van der Waals surface area contributed by atoms with Crippen molar-refractivity contribution in [1.82, 2.24) is 0 Å². The molecule has 0 fully saturated rings. The van der Waals surface area contributed by atoms with Gasteiger partial charge in [0.2, 0.25) is 0 Å². The predicted molar refractivity (Wildman–Crippen MR) is 78.0 cm³/mol. The monoisotopic (exact) mass is 266 g/mol. The van der Waals surface area contributed by atoms with E-state index in [4.69, 9.17) is 4.74 Å². The molecule has 4 heteroatoms. The van der Waals surface area contributed by atoms with Crippen LogP contribution in [-0.2, 0) is 0 Å². The molecule has 0 spiro atoms. The average Bonchev–Trinajstić information content (AvgIpc) is 2.81. The average molecular weight is 266 g/mol. The molecule has 0 saturated carbocycles. The van der Waals surface area contributed by atoms with E-state index in [-0.39, 0.29) is 12.0 Å². The van der Waals surface area contributed by atoms with Crippen LogP contribution in [0.3, 0.4) is 0 Å². The van der Waals surface area contributed by atoms with Crippen molar-refractivity contribution >= 4 is 12.6 Å². The van der Waals surface area contributed by atoms with E-state index in [1.165, 1.54) is 11.1 Å². The van der Waals surface area contributed by atoms with Crippen LogP contribution in [0, 0.1) is 0 Å². The van der Waals surface area contributed by atoms with Crippen molar-refractivity contribution in [3.05, 3.63) is 59.2 Å². The van der Waals surface area contributed by atoms with Crippen molar-refractivity contribution in [1.29, 1.82) is 0 Å². The minimum absolute atomic E-state index is 0.0429. The van der Waals surface area contributed by atoms with Crippen LogP contribution >= 0.6 is 0 Å². The van der Waals surface area contributed by atoms with Gasteiger partial charge in [-0.3, -0.25) is 0 Å². The van der Waals surface area contributed by atoms with E-state index in [0.717, 1.165) is 24.2 Å². The molecule has 3 aliphatic rings. The third-order valence-corrected chi connectivity index (χ3v) is 4.28. The van der Waals surface area contributed by atoms with Gasteiger partial charge in [-0.25, -0.2) is 0 Å². The molecule has 2 atom stereocenters. The zero-order chi connectivity index (χ0) is 13.7. The van der Waals surface area contributed by atoms with Crippen LogP contribution in [-0.4, -0.2) is 23.3 Å². The SMILES string of the molecule is OB(O)c1ccc2c(c1)OC1C=C3CCC=CC3=CC21. The van der Waals surface area contributed by atoms with Crippen molar-refractivity contribution in [2.75, 3.05) is 0 Å². The van der Waals surface area contributed by atoms with Crippen LogP contribution in [0.25, 0.3) is 0 Å². The quantitative estimate of drug-likeness (QED) is 0.756. The van der Waals surface area contributed by atoms with Gasteiger partial charge in [-0.05, 0) is 41.6 Å². The first-order chi connectivity index (χ1) is 9.72. The van der Waals surface area contributed by atoms with E-state index in [0.29, 0.717) is 5.46 Å². The fourth-order valence-electron chi connectivity index (χ4n) is 3.24. The number of rotatable bonds is 1. The molecular weight excluding hydrogens is 251 g/mol. The second-order valence-corrected chi connectivity index (χ2v) is 5.53. The smallest absolute Gasteiger partial charge is 0.485 e. The van der Waals surface area contributed by atoms with Crippen LogP contribution in [0.5, 0.6) is 5.75 Å². The fourth-order valence-corrected chi connectivity index (χ4v) is 3.24. The van der Waals surface area contributed by atoms with Gasteiger partial charge in [-0.2, -0.15) is 0 Å². The van der Waals surface area contributed by atoms with Crippen molar-refractivity contribution < 1.29 is 14.8 Å². The Hall–Kier alpha value is -1.78. The summed E-state index contributed by atoms with van der Waals surface area (Å²) < 4.78 is 5.98. The normalized spacial score (nSPS) is 25.9. The molecular formula is C16H15BO3. The Morgan fingerprint density at radius 1 is 1.20 bits per heavy atom. The van der Waals surface area contributed by atoms with Crippen molar-refractivity contribution in [2.24, 2.45) is 0 Å². The molecule has 1 aliphatic heterocycles. The van der Waals surface area contributed by atoms with Crippen LogP contribution in [0.2, 0.25) is 0 Å². The lowest BCUT2D eigenvalue weighted by Crippen LogP contribution is -2.29. The lowest BCUT2D eigenvalue weighted by atomic mass is 9.78. The maximum Gasteiger partial charge on any atom is 0.488 e. The van der Waals surface area contributed by atoms with Gasteiger partial charge in [0, 0.05) is 11.5 Å². The van der Waals surface area contributed by atoms with Crippen molar-refractivity contribution in [2.45, 2.75) is 24.9 Å². The molecule has 0 aromatic heterocycles. The molecule has 0 bridgehead atoms. The number of fused-ring (bicyclic) bond motifs is 4. The van der Waals surface area contributed by atoms with E-state index in [1.54, 1.807) is 12.1 Å². The molecule has 20 heavy (non-hydrogen) atoms. The van der Waals surface area contributed by atoms with Crippen LogP contribution in [0.15, 0.2) is 53.6 Å². The van der Waals surface area contributed by atoms with E-state index in [1.807, 2.05) is 6.07 Å². The first-order valence-electron chi connectivity index (χ1n) is 6.98. The Bertz CT molecular complexity index is 658. The summed E-state index contributed by atoms with van der Waals surface area (Å²) in [5.74, 6) is 0.998. The summed E-state index contributed by atoms with van der Waals surface area (Å²) in [6, 6.07) is 5.43. The summed E-state index contributed by atoms with van der Waals surface area (Å²) in [5, 5.41) is 18.5. The second-order valence-electron chi connectivity index (χ2n) is 5.53. The molecule has 3 nitrogen and oxygen atoms in total. The van der Waals surface area contributed by atoms with Gasteiger partial charge in [0.05, 0.1) is 0 Å². The van der Waals surface area contributed by atoms with Gasteiger partial charge in [-0.1, -0.05) is 30.4 Å². The van der Waals surface area contributed by atoms with Crippen molar-refractivity contribution in [3.63, 3.8) is 0 Å². The largest absolute Gasteiger partial charge is 0.488 e. The molecule has 100 valence electrons. The number of ether oxygens (including phenoxy) is 1.